The molecule has 4 rings (SSSR count). The van der Waals surface area contributed by atoms with Crippen molar-refractivity contribution in [3.8, 4) is 5.75 Å². The summed E-state index contributed by atoms with van der Waals surface area (Å²) in [6.07, 6.45) is -0.429. The van der Waals surface area contributed by atoms with Crippen molar-refractivity contribution in [2.24, 2.45) is 0 Å². The van der Waals surface area contributed by atoms with E-state index >= 15 is 0 Å². The van der Waals surface area contributed by atoms with Gasteiger partial charge in [-0.3, -0.25) is 9.59 Å². The first-order valence-corrected chi connectivity index (χ1v) is 10.8. The monoisotopic (exact) mass is 442 g/mol. The maximum absolute atomic E-state index is 13.8. The van der Waals surface area contributed by atoms with E-state index < -0.39 is 11.9 Å². The fraction of sp³-hybridized carbons (Fsp3) is 0.304. The lowest BCUT2D eigenvalue weighted by Crippen LogP contribution is -2.44. The highest BCUT2D eigenvalue weighted by molar-refractivity contribution is 7.21. The Morgan fingerprint density at radius 1 is 1.19 bits per heavy atom. The molecule has 0 aliphatic carbocycles. The van der Waals surface area contributed by atoms with Crippen LogP contribution in [0.25, 0.3) is 10.1 Å². The summed E-state index contributed by atoms with van der Waals surface area (Å²) >= 11 is 1.43. The zero-order valence-corrected chi connectivity index (χ0v) is 18.2. The number of para-hydroxylation sites is 1. The zero-order chi connectivity index (χ0) is 22.0. The van der Waals surface area contributed by atoms with Gasteiger partial charge in [0.05, 0.1) is 18.0 Å². The average Bonchev–Trinajstić information content (AvgIpc) is 3.17. The summed E-state index contributed by atoms with van der Waals surface area (Å²) in [6, 6.07) is 13.8. The van der Waals surface area contributed by atoms with Gasteiger partial charge in [0.2, 0.25) is 0 Å². The molecule has 6 nitrogen and oxygen atoms in total. The van der Waals surface area contributed by atoms with Crippen LogP contribution >= 0.6 is 11.3 Å². The van der Waals surface area contributed by atoms with Gasteiger partial charge < -0.3 is 19.3 Å². The predicted molar refractivity (Wildman–Crippen MR) is 117 cm³/mol. The second-order valence-electron chi connectivity index (χ2n) is 7.46. The number of hydrogen-bond acceptors (Lipinski definition) is 5. The molecule has 8 heteroatoms. The van der Waals surface area contributed by atoms with Gasteiger partial charge in [0.25, 0.3) is 11.8 Å². The van der Waals surface area contributed by atoms with Gasteiger partial charge in [-0.25, -0.2) is 4.39 Å². The van der Waals surface area contributed by atoms with Crippen LogP contribution < -0.4 is 4.74 Å². The van der Waals surface area contributed by atoms with Gasteiger partial charge >= 0.3 is 0 Å². The highest BCUT2D eigenvalue weighted by atomic mass is 32.1. The molecule has 1 fully saturated rings. The number of rotatable bonds is 5. The number of thiophene rings is 1. The minimum Gasteiger partial charge on any atom is -0.481 e. The van der Waals surface area contributed by atoms with E-state index in [1.807, 2.05) is 24.3 Å². The van der Waals surface area contributed by atoms with E-state index in [0.29, 0.717) is 24.6 Å². The second-order valence-corrected chi connectivity index (χ2v) is 8.51. The van der Waals surface area contributed by atoms with E-state index in [4.69, 9.17) is 9.47 Å². The number of hydrogen-bond donors (Lipinski definition) is 0. The molecule has 1 unspecified atom stereocenters. The van der Waals surface area contributed by atoms with Crippen molar-refractivity contribution < 1.29 is 23.5 Å². The normalized spacial score (nSPS) is 16.4. The number of carbonyl (C=O) groups is 2. The van der Waals surface area contributed by atoms with Gasteiger partial charge in [0.15, 0.2) is 18.2 Å². The third-order valence-corrected chi connectivity index (χ3v) is 6.34. The van der Waals surface area contributed by atoms with Gasteiger partial charge in [0.1, 0.15) is 6.10 Å². The van der Waals surface area contributed by atoms with Crippen molar-refractivity contribution in [3.05, 3.63) is 64.8 Å². The van der Waals surface area contributed by atoms with Gasteiger partial charge in [-0.2, -0.15) is 0 Å². The second kappa shape index (κ2) is 9.03. The van der Waals surface area contributed by atoms with Gasteiger partial charge in [-0.1, -0.05) is 30.3 Å². The van der Waals surface area contributed by atoms with Crippen LogP contribution in [0.5, 0.6) is 5.75 Å². The smallest absolute Gasteiger partial charge is 0.263 e. The minimum atomic E-state index is -0.508. The summed E-state index contributed by atoms with van der Waals surface area (Å²) in [5.74, 6) is -0.808. The SMILES string of the molecule is CN(C)C(=O)c1sc2ccccc2c1C1CN(C(=O)COc2ccccc2F)CCO1. The Bertz CT molecular complexity index is 1110. The van der Waals surface area contributed by atoms with Crippen molar-refractivity contribution >= 4 is 33.2 Å². The Morgan fingerprint density at radius 2 is 1.94 bits per heavy atom. The summed E-state index contributed by atoms with van der Waals surface area (Å²) in [5.41, 5.74) is 0.812. The number of amides is 2. The number of morpholine rings is 1. The predicted octanol–water partition coefficient (Wildman–Crippen LogP) is 3.72. The lowest BCUT2D eigenvalue weighted by Gasteiger charge is -2.33. The molecule has 0 bridgehead atoms. The van der Waals surface area contributed by atoms with Crippen LogP contribution in [0.15, 0.2) is 48.5 Å². The van der Waals surface area contributed by atoms with Crippen molar-refractivity contribution in [2.45, 2.75) is 6.10 Å². The molecule has 2 aromatic carbocycles. The minimum absolute atomic E-state index is 0.0448. The summed E-state index contributed by atoms with van der Waals surface area (Å²) in [5, 5.41) is 0.958. The van der Waals surface area contributed by atoms with Crippen molar-refractivity contribution in [1.29, 1.82) is 0 Å². The summed E-state index contributed by atoms with van der Waals surface area (Å²) < 4.78 is 26.1. The fourth-order valence-electron chi connectivity index (χ4n) is 3.59. The number of ether oxygens (including phenoxy) is 2. The van der Waals surface area contributed by atoms with Crippen LogP contribution in [0.4, 0.5) is 4.39 Å². The van der Waals surface area contributed by atoms with Crippen LogP contribution in [0, 0.1) is 5.82 Å². The first-order chi connectivity index (χ1) is 15.0. The highest BCUT2D eigenvalue weighted by Crippen LogP contribution is 2.38. The summed E-state index contributed by atoms with van der Waals surface area (Å²) in [7, 11) is 3.43. The molecule has 0 spiro atoms. The number of carbonyl (C=O) groups excluding carboxylic acids is 2. The third kappa shape index (κ3) is 4.40. The van der Waals surface area contributed by atoms with Crippen molar-refractivity contribution in [2.75, 3.05) is 40.4 Å². The Kier molecular flexibility index (Phi) is 6.20. The van der Waals surface area contributed by atoms with Gasteiger partial charge in [-0.15, -0.1) is 11.3 Å². The molecule has 1 saturated heterocycles. The topological polar surface area (TPSA) is 59.1 Å². The van der Waals surface area contributed by atoms with E-state index in [9.17, 15) is 14.0 Å². The Morgan fingerprint density at radius 3 is 2.71 bits per heavy atom. The number of benzene rings is 2. The van der Waals surface area contributed by atoms with Gasteiger partial charge in [-0.05, 0) is 23.6 Å². The highest BCUT2D eigenvalue weighted by Gasteiger charge is 2.32. The van der Waals surface area contributed by atoms with Crippen LogP contribution in [0.1, 0.15) is 21.3 Å². The lowest BCUT2D eigenvalue weighted by molar-refractivity contribution is -0.141. The van der Waals surface area contributed by atoms with E-state index in [1.54, 1.807) is 36.0 Å². The molecular weight excluding hydrogens is 419 g/mol. The summed E-state index contributed by atoms with van der Waals surface area (Å²) in [4.78, 5) is 29.4. The molecule has 162 valence electrons. The van der Waals surface area contributed by atoms with E-state index in [2.05, 4.69) is 0 Å². The molecule has 0 radical (unpaired) electrons. The molecule has 3 aromatic rings. The van der Waals surface area contributed by atoms with E-state index in [0.717, 1.165) is 15.6 Å². The Labute approximate surface area is 183 Å². The molecule has 2 heterocycles. The quantitative estimate of drug-likeness (QED) is 0.604. The molecule has 0 N–H and O–H groups in total. The molecule has 0 saturated carbocycles. The molecule has 1 atom stereocenters. The van der Waals surface area contributed by atoms with Crippen molar-refractivity contribution in [3.63, 3.8) is 0 Å². The first-order valence-electron chi connectivity index (χ1n) is 9.95. The van der Waals surface area contributed by atoms with Crippen LogP contribution in [-0.4, -0.2) is 62.0 Å². The molecule has 1 aliphatic rings. The number of nitrogens with zero attached hydrogens (tertiary/aromatic N) is 2. The first kappa shape index (κ1) is 21.3. The Hall–Kier alpha value is -2.97. The molecule has 1 aliphatic heterocycles. The molecule has 2 amide bonds. The molecule has 1 aromatic heterocycles. The van der Waals surface area contributed by atoms with Crippen LogP contribution in [0.3, 0.4) is 0 Å². The maximum Gasteiger partial charge on any atom is 0.263 e. The molecular formula is C23H23FN2O4S. The maximum atomic E-state index is 13.8. The largest absolute Gasteiger partial charge is 0.481 e. The Balaban J connectivity index is 1.55. The standard InChI is InChI=1S/C23H23FN2O4S/c1-25(2)23(28)22-21(15-7-3-6-10-19(15)31-22)18-13-26(11-12-29-18)20(27)14-30-17-9-5-4-8-16(17)24/h3-10,18H,11-14H2,1-2H3. The third-order valence-electron chi connectivity index (χ3n) is 5.16. The average molecular weight is 443 g/mol. The number of fused-ring (bicyclic) bond motifs is 1. The van der Waals surface area contributed by atoms with Crippen LogP contribution in [-0.2, 0) is 9.53 Å². The zero-order valence-electron chi connectivity index (χ0n) is 17.3. The van der Waals surface area contributed by atoms with E-state index in [-0.39, 0.29) is 24.2 Å². The van der Waals surface area contributed by atoms with Crippen LogP contribution in [0.2, 0.25) is 0 Å². The van der Waals surface area contributed by atoms with Crippen molar-refractivity contribution in [1.82, 2.24) is 9.80 Å². The summed E-state index contributed by atoms with van der Waals surface area (Å²) in [6.45, 7) is 0.792. The number of halogens is 1. The lowest BCUT2D eigenvalue weighted by atomic mass is 10.0. The van der Waals surface area contributed by atoms with Gasteiger partial charge in [0, 0.05) is 30.9 Å². The fourth-order valence-corrected chi connectivity index (χ4v) is 4.87. The van der Waals surface area contributed by atoms with E-state index in [1.165, 1.54) is 23.5 Å². The molecule has 31 heavy (non-hydrogen) atoms.